The molecule has 1 aromatic heterocycles. The molecule has 1 heterocycles. The number of benzene rings is 1. The van der Waals surface area contributed by atoms with Gasteiger partial charge in [0.1, 0.15) is 12.2 Å². The predicted octanol–water partition coefficient (Wildman–Crippen LogP) is 3.93. The van der Waals surface area contributed by atoms with Gasteiger partial charge in [0.2, 0.25) is 0 Å². The van der Waals surface area contributed by atoms with E-state index in [-0.39, 0.29) is 24.0 Å². The Morgan fingerprint density at radius 1 is 1.25 bits per heavy atom. The lowest BCUT2D eigenvalue weighted by molar-refractivity contribution is 0.464. The largest absolute Gasteiger partial charge is 0.355 e. The molecule has 0 atom stereocenters. The number of aromatic nitrogens is 3. The van der Waals surface area contributed by atoms with Crippen molar-refractivity contribution >= 4 is 41.7 Å². The van der Waals surface area contributed by atoms with Crippen molar-refractivity contribution in [1.82, 2.24) is 25.0 Å². The molecule has 6 nitrogen and oxygen atoms in total. The maximum atomic E-state index is 4.82. The fourth-order valence-corrected chi connectivity index (χ4v) is 3.45. The van der Waals surface area contributed by atoms with Gasteiger partial charge in [-0.05, 0) is 18.6 Å². The zero-order valence-electron chi connectivity index (χ0n) is 17.2. The zero-order chi connectivity index (χ0) is 19.3. The van der Waals surface area contributed by atoms with E-state index < -0.39 is 0 Å². The number of nitrogens with one attached hydrogen (secondary N) is 1. The van der Waals surface area contributed by atoms with E-state index in [9.17, 15) is 0 Å². The average Bonchev–Trinajstić information content (AvgIpc) is 3.16. The standard InChI is InChI=1S/C20H32N6S.HI/c1-4-6-14-25(3)20(21-12-15-26-17-23-24-19(26)5-2)22-13-16-27-18-10-8-7-9-11-18;/h7-11,17H,4-6,12-16H2,1-3H3,(H,21,22);1H. The molecular formula is C20H33IN6S. The molecule has 0 spiro atoms. The van der Waals surface area contributed by atoms with Crippen molar-refractivity contribution in [2.45, 2.75) is 44.6 Å². The summed E-state index contributed by atoms with van der Waals surface area (Å²) in [7, 11) is 2.11. The van der Waals surface area contributed by atoms with Crippen LogP contribution in [0.5, 0.6) is 0 Å². The molecule has 0 amide bonds. The van der Waals surface area contributed by atoms with E-state index in [1.807, 2.05) is 11.8 Å². The highest BCUT2D eigenvalue weighted by Gasteiger charge is 2.06. The van der Waals surface area contributed by atoms with Gasteiger partial charge in [0.05, 0.1) is 6.54 Å². The maximum absolute atomic E-state index is 4.82. The van der Waals surface area contributed by atoms with Gasteiger partial charge in [-0.3, -0.25) is 4.99 Å². The van der Waals surface area contributed by atoms with Crippen LogP contribution in [0.3, 0.4) is 0 Å². The van der Waals surface area contributed by atoms with Crippen LogP contribution in [0, 0.1) is 0 Å². The minimum atomic E-state index is 0. The summed E-state index contributed by atoms with van der Waals surface area (Å²) in [5.74, 6) is 3.00. The van der Waals surface area contributed by atoms with Crippen molar-refractivity contribution in [3.63, 3.8) is 0 Å². The van der Waals surface area contributed by atoms with Crippen LogP contribution >= 0.6 is 35.7 Å². The number of aliphatic imine (C=N–C) groups is 1. The van der Waals surface area contributed by atoms with Crippen LogP contribution in [-0.4, -0.2) is 58.1 Å². The van der Waals surface area contributed by atoms with Crippen molar-refractivity contribution < 1.29 is 0 Å². The molecule has 0 saturated heterocycles. The molecule has 2 aromatic rings. The molecule has 8 heteroatoms. The summed E-state index contributed by atoms with van der Waals surface area (Å²) in [6.07, 6.45) is 5.03. The van der Waals surface area contributed by atoms with Gasteiger partial charge in [-0.15, -0.1) is 45.9 Å². The topological polar surface area (TPSA) is 58.3 Å². The van der Waals surface area contributed by atoms with Gasteiger partial charge in [0.15, 0.2) is 5.96 Å². The number of unbranched alkanes of at least 4 members (excludes halogenated alkanes) is 1. The molecule has 1 N–H and O–H groups in total. The molecule has 2 rings (SSSR count). The quantitative estimate of drug-likeness (QED) is 0.161. The highest BCUT2D eigenvalue weighted by molar-refractivity contribution is 14.0. The van der Waals surface area contributed by atoms with E-state index in [0.29, 0.717) is 0 Å². The molecule has 28 heavy (non-hydrogen) atoms. The Bertz CT molecular complexity index is 676. The lowest BCUT2D eigenvalue weighted by Crippen LogP contribution is -2.40. The third-order valence-electron chi connectivity index (χ3n) is 4.22. The van der Waals surface area contributed by atoms with E-state index in [1.165, 1.54) is 17.7 Å². The van der Waals surface area contributed by atoms with Gasteiger partial charge in [0, 0.05) is 43.8 Å². The van der Waals surface area contributed by atoms with Crippen molar-refractivity contribution in [2.24, 2.45) is 4.99 Å². The monoisotopic (exact) mass is 516 g/mol. The molecule has 1 aromatic carbocycles. The summed E-state index contributed by atoms with van der Waals surface area (Å²) in [4.78, 5) is 8.35. The summed E-state index contributed by atoms with van der Waals surface area (Å²) >= 11 is 1.86. The molecule has 0 unspecified atom stereocenters. The minimum Gasteiger partial charge on any atom is -0.355 e. The molecule has 0 saturated carbocycles. The summed E-state index contributed by atoms with van der Waals surface area (Å²) in [6, 6.07) is 10.5. The van der Waals surface area contributed by atoms with Gasteiger partial charge in [-0.1, -0.05) is 38.5 Å². The van der Waals surface area contributed by atoms with Gasteiger partial charge < -0.3 is 14.8 Å². The number of halogens is 1. The van der Waals surface area contributed by atoms with E-state index in [4.69, 9.17) is 4.99 Å². The van der Waals surface area contributed by atoms with Crippen LogP contribution in [-0.2, 0) is 13.0 Å². The number of nitrogens with zero attached hydrogens (tertiary/aromatic N) is 5. The van der Waals surface area contributed by atoms with Crippen LogP contribution in [0.1, 0.15) is 32.5 Å². The molecule has 0 radical (unpaired) electrons. The number of hydrogen-bond acceptors (Lipinski definition) is 4. The van der Waals surface area contributed by atoms with Crippen LogP contribution in [0.2, 0.25) is 0 Å². The molecule has 0 aliphatic rings. The van der Waals surface area contributed by atoms with Crippen molar-refractivity contribution in [3.8, 4) is 0 Å². The van der Waals surface area contributed by atoms with Crippen LogP contribution in [0.4, 0.5) is 0 Å². The molecule has 0 fully saturated rings. The number of hydrogen-bond donors (Lipinski definition) is 1. The first-order valence-corrected chi connectivity index (χ1v) is 10.8. The highest BCUT2D eigenvalue weighted by atomic mass is 127. The van der Waals surface area contributed by atoms with Gasteiger partial charge in [0.25, 0.3) is 0 Å². The summed E-state index contributed by atoms with van der Waals surface area (Å²) < 4.78 is 2.08. The number of rotatable bonds is 11. The molecular weight excluding hydrogens is 483 g/mol. The SMILES string of the molecule is CCCCN(C)C(=NCCn1cnnc1CC)NCCSc1ccccc1.I. The van der Waals surface area contributed by atoms with E-state index in [0.717, 1.165) is 50.1 Å². The van der Waals surface area contributed by atoms with Crippen molar-refractivity contribution in [1.29, 1.82) is 0 Å². The predicted molar refractivity (Wildman–Crippen MR) is 130 cm³/mol. The van der Waals surface area contributed by atoms with Crippen molar-refractivity contribution in [2.75, 3.05) is 32.4 Å². The summed E-state index contributed by atoms with van der Waals surface area (Å²) in [5.41, 5.74) is 0. The Labute approximate surface area is 190 Å². The third kappa shape index (κ3) is 8.81. The second-order valence-corrected chi connectivity index (χ2v) is 7.53. The number of aryl methyl sites for hydroxylation is 1. The maximum Gasteiger partial charge on any atom is 0.193 e. The fourth-order valence-electron chi connectivity index (χ4n) is 2.66. The van der Waals surface area contributed by atoms with E-state index in [1.54, 1.807) is 6.33 Å². The first-order valence-electron chi connectivity index (χ1n) is 9.78. The third-order valence-corrected chi connectivity index (χ3v) is 5.23. The Morgan fingerprint density at radius 3 is 2.75 bits per heavy atom. The smallest absolute Gasteiger partial charge is 0.193 e. The zero-order valence-corrected chi connectivity index (χ0v) is 20.3. The lowest BCUT2D eigenvalue weighted by atomic mass is 10.3. The Morgan fingerprint density at radius 2 is 2.04 bits per heavy atom. The van der Waals surface area contributed by atoms with Crippen LogP contribution in [0.15, 0.2) is 46.5 Å². The molecule has 0 bridgehead atoms. The molecule has 0 aliphatic carbocycles. The van der Waals surface area contributed by atoms with Crippen LogP contribution < -0.4 is 5.32 Å². The lowest BCUT2D eigenvalue weighted by Gasteiger charge is -2.22. The van der Waals surface area contributed by atoms with Gasteiger partial charge in [-0.2, -0.15) is 0 Å². The number of thioether (sulfide) groups is 1. The molecule has 0 aliphatic heterocycles. The second kappa shape index (κ2) is 14.7. The van der Waals surface area contributed by atoms with E-state index >= 15 is 0 Å². The fraction of sp³-hybridized carbons (Fsp3) is 0.550. The minimum absolute atomic E-state index is 0. The molecule has 156 valence electrons. The first kappa shape index (κ1) is 24.7. The van der Waals surface area contributed by atoms with Gasteiger partial charge in [-0.25, -0.2) is 0 Å². The Kier molecular flexibility index (Phi) is 13.0. The summed E-state index contributed by atoms with van der Waals surface area (Å²) in [5, 5.41) is 11.6. The average molecular weight is 516 g/mol. The van der Waals surface area contributed by atoms with Crippen LogP contribution in [0.25, 0.3) is 0 Å². The normalized spacial score (nSPS) is 11.2. The summed E-state index contributed by atoms with van der Waals surface area (Å²) in [6.45, 7) is 7.74. The van der Waals surface area contributed by atoms with Gasteiger partial charge >= 0.3 is 0 Å². The Hall–Kier alpha value is -1.29. The second-order valence-electron chi connectivity index (χ2n) is 6.36. The highest BCUT2D eigenvalue weighted by Crippen LogP contribution is 2.15. The van der Waals surface area contributed by atoms with Crippen molar-refractivity contribution in [3.05, 3.63) is 42.5 Å². The van der Waals surface area contributed by atoms with E-state index in [2.05, 4.69) is 76.2 Å². The Balaban J connectivity index is 0.00000392. The number of guanidine groups is 1. The first-order chi connectivity index (χ1) is 13.2.